The predicted octanol–water partition coefficient (Wildman–Crippen LogP) is 3.68. The van der Waals surface area contributed by atoms with Crippen molar-refractivity contribution in [2.45, 2.75) is 32.7 Å². The van der Waals surface area contributed by atoms with Crippen molar-refractivity contribution in [1.82, 2.24) is 0 Å². The first-order valence-electron chi connectivity index (χ1n) is 5.61. The zero-order valence-electron chi connectivity index (χ0n) is 10.0. The summed E-state index contributed by atoms with van der Waals surface area (Å²) in [6.07, 6.45) is 1.81. The summed E-state index contributed by atoms with van der Waals surface area (Å²) in [5.74, 6) is 0.573. The molecule has 0 amide bonds. The fraction of sp³-hybridized carbons (Fsp3) is 0.500. The molecule has 0 bridgehead atoms. The fourth-order valence-corrected chi connectivity index (χ4v) is 1.77. The minimum absolute atomic E-state index is 0.0795. The third-order valence-corrected chi connectivity index (χ3v) is 2.97. The van der Waals surface area contributed by atoms with Gasteiger partial charge in [0.1, 0.15) is 5.02 Å². The van der Waals surface area contributed by atoms with Gasteiger partial charge in [0.2, 0.25) is 0 Å². The van der Waals surface area contributed by atoms with E-state index >= 15 is 0 Å². The first kappa shape index (κ1) is 13.9. The van der Waals surface area contributed by atoms with Crippen LogP contribution in [0.5, 0.6) is 0 Å². The number of halogens is 1. The molecule has 0 saturated heterocycles. The van der Waals surface area contributed by atoms with Crippen molar-refractivity contribution < 1.29 is 4.92 Å². The number of nitrogens with two attached hydrogens (primary N) is 1. The Labute approximate surface area is 106 Å². The largest absolute Gasteiger partial charge is 0.324 e. The zero-order chi connectivity index (χ0) is 13.0. The van der Waals surface area contributed by atoms with E-state index in [4.69, 9.17) is 17.3 Å². The highest BCUT2D eigenvalue weighted by Gasteiger charge is 2.16. The van der Waals surface area contributed by atoms with Gasteiger partial charge in [-0.1, -0.05) is 31.5 Å². The molecule has 94 valence electrons. The second-order valence-corrected chi connectivity index (χ2v) is 4.95. The lowest BCUT2D eigenvalue weighted by Gasteiger charge is -2.13. The number of nitrogens with zero attached hydrogens (tertiary/aromatic N) is 1. The van der Waals surface area contributed by atoms with E-state index < -0.39 is 4.92 Å². The molecule has 0 unspecified atom stereocenters. The minimum Gasteiger partial charge on any atom is -0.324 e. The van der Waals surface area contributed by atoms with Crippen molar-refractivity contribution in [3.8, 4) is 0 Å². The van der Waals surface area contributed by atoms with Crippen LogP contribution < -0.4 is 5.73 Å². The average molecular weight is 257 g/mol. The van der Waals surface area contributed by atoms with Gasteiger partial charge in [-0.05, 0) is 30.4 Å². The molecule has 1 aromatic carbocycles. The summed E-state index contributed by atoms with van der Waals surface area (Å²) in [6.45, 7) is 4.24. The highest BCUT2D eigenvalue weighted by atomic mass is 35.5. The number of nitro benzene ring substituents is 1. The normalized spacial score (nSPS) is 12.8. The molecule has 1 aromatic rings. The Morgan fingerprint density at radius 1 is 1.41 bits per heavy atom. The van der Waals surface area contributed by atoms with Gasteiger partial charge in [0.05, 0.1) is 4.92 Å². The maximum Gasteiger partial charge on any atom is 0.288 e. The molecule has 4 nitrogen and oxygen atoms in total. The third kappa shape index (κ3) is 3.98. The molecule has 0 fully saturated rings. The molecule has 0 aliphatic rings. The van der Waals surface area contributed by atoms with Crippen LogP contribution in [0.1, 0.15) is 38.3 Å². The van der Waals surface area contributed by atoms with E-state index in [-0.39, 0.29) is 16.8 Å². The Morgan fingerprint density at radius 2 is 2.06 bits per heavy atom. The molecule has 5 heteroatoms. The Bertz CT molecular complexity index is 407. The van der Waals surface area contributed by atoms with E-state index in [0.29, 0.717) is 5.92 Å². The van der Waals surface area contributed by atoms with E-state index in [9.17, 15) is 10.1 Å². The zero-order valence-corrected chi connectivity index (χ0v) is 10.8. The standard InChI is InChI=1S/C12H17ClN2O2/c1-8(2)3-6-11(14)9-4-5-10(13)12(7-9)15(16)17/h4-5,7-8,11H,3,6,14H2,1-2H3/t11-/m0/s1. The van der Waals surface area contributed by atoms with Crippen molar-refractivity contribution in [2.24, 2.45) is 11.7 Å². The highest BCUT2D eigenvalue weighted by Crippen LogP contribution is 2.28. The van der Waals surface area contributed by atoms with Crippen LogP contribution in [0.25, 0.3) is 0 Å². The van der Waals surface area contributed by atoms with Crippen LogP contribution in [-0.4, -0.2) is 4.92 Å². The molecule has 0 saturated carbocycles. The van der Waals surface area contributed by atoms with Crippen molar-refractivity contribution in [2.75, 3.05) is 0 Å². The van der Waals surface area contributed by atoms with Crippen molar-refractivity contribution in [1.29, 1.82) is 0 Å². The van der Waals surface area contributed by atoms with Gasteiger partial charge in [0, 0.05) is 12.1 Å². The summed E-state index contributed by atoms with van der Waals surface area (Å²) < 4.78 is 0. The third-order valence-electron chi connectivity index (χ3n) is 2.65. The van der Waals surface area contributed by atoms with Gasteiger partial charge in [-0.15, -0.1) is 0 Å². The van der Waals surface area contributed by atoms with Crippen molar-refractivity contribution >= 4 is 17.3 Å². The van der Waals surface area contributed by atoms with Crippen LogP contribution in [0.2, 0.25) is 5.02 Å². The molecule has 0 aromatic heterocycles. The fourth-order valence-electron chi connectivity index (χ4n) is 1.58. The van der Waals surface area contributed by atoms with Gasteiger partial charge in [-0.2, -0.15) is 0 Å². The molecule has 1 rings (SSSR count). The molecule has 0 aliphatic carbocycles. The first-order chi connectivity index (χ1) is 7.91. The second kappa shape index (κ2) is 5.98. The summed E-state index contributed by atoms with van der Waals surface area (Å²) in [5.41, 5.74) is 6.68. The molecule has 0 spiro atoms. The monoisotopic (exact) mass is 256 g/mol. The SMILES string of the molecule is CC(C)CC[C@H](N)c1ccc(Cl)c([N+](=O)[O-])c1. The van der Waals surface area contributed by atoms with Crippen LogP contribution in [0.15, 0.2) is 18.2 Å². The summed E-state index contributed by atoms with van der Waals surface area (Å²) in [4.78, 5) is 10.3. The van der Waals surface area contributed by atoms with Crippen LogP contribution in [0.4, 0.5) is 5.69 Å². The number of rotatable bonds is 5. The maximum atomic E-state index is 10.7. The number of nitro groups is 1. The molecule has 0 radical (unpaired) electrons. The Hall–Kier alpha value is -1.13. The van der Waals surface area contributed by atoms with E-state index in [1.165, 1.54) is 12.1 Å². The quantitative estimate of drug-likeness (QED) is 0.645. The summed E-state index contributed by atoms with van der Waals surface area (Å²) in [5, 5.41) is 10.9. The van der Waals surface area contributed by atoms with Gasteiger partial charge < -0.3 is 5.73 Å². The lowest BCUT2D eigenvalue weighted by molar-refractivity contribution is -0.384. The van der Waals surface area contributed by atoms with Gasteiger partial charge in [-0.3, -0.25) is 10.1 Å². The Balaban J connectivity index is 2.84. The van der Waals surface area contributed by atoms with Crippen LogP contribution in [0, 0.1) is 16.0 Å². The van der Waals surface area contributed by atoms with Gasteiger partial charge in [-0.25, -0.2) is 0 Å². The van der Waals surface area contributed by atoms with E-state index in [0.717, 1.165) is 18.4 Å². The first-order valence-corrected chi connectivity index (χ1v) is 5.99. The van der Waals surface area contributed by atoms with Crippen LogP contribution >= 0.6 is 11.6 Å². The molecule has 0 heterocycles. The Kier molecular flexibility index (Phi) is 4.90. The van der Waals surface area contributed by atoms with Crippen molar-refractivity contribution in [3.05, 3.63) is 38.9 Å². The van der Waals surface area contributed by atoms with Gasteiger partial charge in [0.25, 0.3) is 5.69 Å². The molecule has 2 N–H and O–H groups in total. The molecule has 17 heavy (non-hydrogen) atoms. The Morgan fingerprint density at radius 3 is 2.59 bits per heavy atom. The van der Waals surface area contributed by atoms with E-state index in [1.54, 1.807) is 6.07 Å². The molecule has 1 atom stereocenters. The highest BCUT2D eigenvalue weighted by molar-refractivity contribution is 6.32. The lowest BCUT2D eigenvalue weighted by atomic mass is 9.98. The topological polar surface area (TPSA) is 69.2 Å². The summed E-state index contributed by atoms with van der Waals surface area (Å²) in [7, 11) is 0. The maximum absolute atomic E-state index is 10.7. The summed E-state index contributed by atoms with van der Waals surface area (Å²) in [6, 6.07) is 4.58. The smallest absolute Gasteiger partial charge is 0.288 e. The molecular formula is C12H17ClN2O2. The number of hydrogen-bond donors (Lipinski definition) is 1. The van der Waals surface area contributed by atoms with Crippen LogP contribution in [-0.2, 0) is 0 Å². The van der Waals surface area contributed by atoms with E-state index in [1.807, 2.05) is 0 Å². The second-order valence-electron chi connectivity index (χ2n) is 4.55. The predicted molar refractivity (Wildman–Crippen MR) is 69.1 cm³/mol. The van der Waals surface area contributed by atoms with Gasteiger partial charge >= 0.3 is 0 Å². The number of benzene rings is 1. The number of hydrogen-bond acceptors (Lipinski definition) is 3. The molecular weight excluding hydrogens is 240 g/mol. The van der Waals surface area contributed by atoms with Crippen LogP contribution in [0.3, 0.4) is 0 Å². The minimum atomic E-state index is -0.485. The van der Waals surface area contributed by atoms with Crippen molar-refractivity contribution in [3.63, 3.8) is 0 Å². The van der Waals surface area contributed by atoms with E-state index in [2.05, 4.69) is 13.8 Å². The lowest BCUT2D eigenvalue weighted by Crippen LogP contribution is -2.11. The van der Waals surface area contributed by atoms with Gasteiger partial charge in [0.15, 0.2) is 0 Å². The molecule has 0 aliphatic heterocycles. The average Bonchev–Trinajstić information content (AvgIpc) is 2.26. The summed E-state index contributed by atoms with van der Waals surface area (Å²) >= 11 is 5.74.